The van der Waals surface area contributed by atoms with E-state index >= 15 is 0 Å². The minimum Gasteiger partial charge on any atom is -0.303 e. The van der Waals surface area contributed by atoms with Crippen LogP contribution in [-0.4, -0.2) is 24.5 Å². The molecule has 0 amide bonds. The van der Waals surface area contributed by atoms with Crippen molar-refractivity contribution in [1.82, 2.24) is 4.90 Å². The van der Waals surface area contributed by atoms with E-state index in [2.05, 4.69) is 18.7 Å². The Kier molecular flexibility index (Phi) is 12.3. The standard InChI is InChI=1S/C20H41N/c1-3-5-6-7-8-9-10-11-12-13-17-21-18-14-16-20(19-21)15-4-2/h20H,3-19H2,1-2H3. The van der Waals surface area contributed by atoms with E-state index in [1.807, 2.05) is 0 Å². The molecule has 0 bridgehead atoms. The maximum absolute atomic E-state index is 2.74. The van der Waals surface area contributed by atoms with Gasteiger partial charge < -0.3 is 4.90 Å². The molecule has 1 aliphatic rings. The van der Waals surface area contributed by atoms with Crippen molar-refractivity contribution >= 4 is 0 Å². The van der Waals surface area contributed by atoms with Gasteiger partial charge in [-0.3, -0.25) is 0 Å². The Hall–Kier alpha value is -0.0400. The van der Waals surface area contributed by atoms with Crippen LogP contribution in [0.3, 0.4) is 0 Å². The lowest BCUT2D eigenvalue weighted by atomic mass is 9.93. The van der Waals surface area contributed by atoms with Gasteiger partial charge in [0.15, 0.2) is 0 Å². The SMILES string of the molecule is CCCCCCCCCCCCN1CCCC(CCC)C1. The van der Waals surface area contributed by atoms with Gasteiger partial charge in [-0.25, -0.2) is 0 Å². The second kappa shape index (κ2) is 13.6. The first-order chi connectivity index (χ1) is 10.4. The molecule has 21 heavy (non-hydrogen) atoms. The lowest BCUT2D eigenvalue weighted by Gasteiger charge is -2.32. The second-order valence-corrected chi connectivity index (χ2v) is 7.28. The summed E-state index contributed by atoms with van der Waals surface area (Å²) in [6, 6.07) is 0. The number of piperidine rings is 1. The van der Waals surface area contributed by atoms with Crippen molar-refractivity contribution in [2.24, 2.45) is 5.92 Å². The molecule has 1 aliphatic heterocycles. The Bertz CT molecular complexity index is 212. The largest absolute Gasteiger partial charge is 0.303 e. The molecule has 0 aromatic rings. The number of rotatable bonds is 13. The zero-order valence-electron chi connectivity index (χ0n) is 15.0. The van der Waals surface area contributed by atoms with E-state index in [4.69, 9.17) is 0 Å². The van der Waals surface area contributed by atoms with Crippen molar-refractivity contribution in [3.8, 4) is 0 Å². The maximum atomic E-state index is 2.74. The van der Waals surface area contributed by atoms with Gasteiger partial charge in [0.05, 0.1) is 0 Å². The molecule has 1 nitrogen and oxygen atoms in total. The van der Waals surface area contributed by atoms with Crippen molar-refractivity contribution in [1.29, 1.82) is 0 Å². The van der Waals surface area contributed by atoms with Crippen LogP contribution < -0.4 is 0 Å². The molecule has 0 spiro atoms. The summed E-state index contributed by atoms with van der Waals surface area (Å²) in [7, 11) is 0. The van der Waals surface area contributed by atoms with Crippen LogP contribution in [0.2, 0.25) is 0 Å². The van der Waals surface area contributed by atoms with Crippen molar-refractivity contribution in [3.63, 3.8) is 0 Å². The normalized spacial score (nSPS) is 20.0. The molecular formula is C20H41N. The molecule has 0 aliphatic carbocycles. The molecule has 1 saturated heterocycles. The van der Waals surface area contributed by atoms with Crippen molar-refractivity contribution < 1.29 is 0 Å². The van der Waals surface area contributed by atoms with Crippen LogP contribution in [0.1, 0.15) is 104 Å². The van der Waals surface area contributed by atoms with Gasteiger partial charge in [-0.2, -0.15) is 0 Å². The third-order valence-corrected chi connectivity index (χ3v) is 5.13. The lowest BCUT2D eigenvalue weighted by Crippen LogP contribution is -2.35. The van der Waals surface area contributed by atoms with Crippen LogP contribution in [-0.2, 0) is 0 Å². The fourth-order valence-electron chi connectivity index (χ4n) is 3.82. The number of likely N-dealkylation sites (tertiary alicyclic amines) is 1. The van der Waals surface area contributed by atoms with E-state index < -0.39 is 0 Å². The van der Waals surface area contributed by atoms with E-state index in [0.29, 0.717) is 0 Å². The van der Waals surface area contributed by atoms with Crippen LogP contribution in [0, 0.1) is 5.92 Å². The fourth-order valence-corrected chi connectivity index (χ4v) is 3.82. The first kappa shape index (κ1) is 19.0. The Morgan fingerprint density at radius 1 is 0.762 bits per heavy atom. The van der Waals surface area contributed by atoms with E-state index in [9.17, 15) is 0 Å². The van der Waals surface area contributed by atoms with Gasteiger partial charge in [-0.05, 0) is 44.7 Å². The third kappa shape index (κ3) is 10.3. The quantitative estimate of drug-likeness (QED) is 0.354. The molecule has 1 rings (SSSR count). The van der Waals surface area contributed by atoms with Gasteiger partial charge in [-0.1, -0.05) is 78.1 Å². The number of hydrogen-bond donors (Lipinski definition) is 0. The molecule has 1 heterocycles. The Balaban J connectivity index is 1.85. The molecular weight excluding hydrogens is 254 g/mol. The zero-order valence-corrected chi connectivity index (χ0v) is 15.0. The molecule has 0 N–H and O–H groups in total. The van der Waals surface area contributed by atoms with Crippen LogP contribution >= 0.6 is 0 Å². The minimum atomic E-state index is 1.01. The molecule has 0 radical (unpaired) electrons. The van der Waals surface area contributed by atoms with Crippen molar-refractivity contribution in [2.45, 2.75) is 104 Å². The molecule has 0 saturated carbocycles. The van der Waals surface area contributed by atoms with Crippen molar-refractivity contribution in [3.05, 3.63) is 0 Å². The highest BCUT2D eigenvalue weighted by molar-refractivity contribution is 4.72. The summed E-state index contributed by atoms with van der Waals surface area (Å²) in [6.07, 6.45) is 20.3. The number of unbranched alkanes of at least 4 members (excludes halogenated alkanes) is 9. The number of hydrogen-bond acceptors (Lipinski definition) is 1. The lowest BCUT2D eigenvalue weighted by molar-refractivity contribution is 0.165. The molecule has 1 unspecified atom stereocenters. The van der Waals surface area contributed by atoms with Crippen molar-refractivity contribution in [2.75, 3.05) is 19.6 Å². The van der Waals surface area contributed by atoms with Crippen LogP contribution in [0.15, 0.2) is 0 Å². The fraction of sp³-hybridized carbons (Fsp3) is 1.00. The Labute approximate surface area is 134 Å². The van der Waals surface area contributed by atoms with Crippen LogP contribution in [0.4, 0.5) is 0 Å². The average Bonchev–Trinajstić information content (AvgIpc) is 2.50. The summed E-state index contributed by atoms with van der Waals surface area (Å²) in [5, 5.41) is 0. The van der Waals surface area contributed by atoms with Gasteiger partial charge in [-0.15, -0.1) is 0 Å². The van der Waals surface area contributed by atoms with E-state index in [1.165, 1.54) is 110 Å². The van der Waals surface area contributed by atoms with Gasteiger partial charge in [0.25, 0.3) is 0 Å². The van der Waals surface area contributed by atoms with E-state index in [1.54, 1.807) is 0 Å². The highest BCUT2D eigenvalue weighted by Crippen LogP contribution is 2.21. The summed E-state index contributed by atoms with van der Waals surface area (Å²) >= 11 is 0. The topological polar surface area (TPSA) is 3.24 Å². The summed E-state index contributed by atoms with van der Waals surface area (Å²) < 4.78 is 0. The Morgan fingerprint density at radius 2 is 1.38 bits per heavy atom. The third-order valence-electron chi connectivity index (χ3n) is 5.13. The first-order valence-electron chi connectivity index (χ1n) is 10.1. The molecule has 126 valence electrons. The number of nitrogens with zero attached hydrogens (tertiary/aromatic N) is 1. The van der Waals surface area contributed by atoms with Gasteiger partial charge in [0.1, 0.15) is 0 Å². The minimum absolute atomic E-state index is 1.01. The zero-order chi connectivity index (χ0) is 15.2. The highest BCUT2D eigenvalue weighted by Gasteiger charge is 2.18. The maximum Gasteiger partial charge on any atom is 0.000966 e. The first-order valence-corrected chi connectivity index (χ1v) is 10.1. The molecule has 0 aromatic carbocycles. The summed E-state index contributed by atoms with van der Waals surface area (Å²) in [6.45, 7) is 8.77. The molecule has 0 aromatic heterocycles. The predicted octanol–water partition coefficient (Wildman–Crippen LogP) is 6.42. The summed E-state index contributed by atoms with van der Waals surface area (Å²) in [4.78, 5) is 2.74. The predicted molar refractivity (Wildman–Crippen MR) is 95.9 cm³/mol. The van der Waals surface area contributed by atoms with E-state index in [0.717, 1.165) is 5.92 Å². The molecule has 1 heteroatoms. The molecule has 1 fully saturated rings. The van der Waals surface area contributed by atoms with E-state index in [-0.39, 0.29) is 0 Å². The summed E-state index contributed by atoms with van der Waals surface area (Å²) in [5.74, 6) is 1.01. The Morgan fingerprint density at radius 3 is 2.00 bits per heavy atom. The highest BCUT2D eigenvalue weighted by atomic mass is 15.1. The van der Waals surface area contributed by atoms with Gasteiger partial charge in [0, 0.05) is 6.54 Å². The van der Waals surface area contributed by atoms with Gasteiger partial charge >= 0.3 is 0 Å². The smallest absolute Gasteiger partial charge is 0.000966 e. The second-order valence-electron chi connectivity index (χ2n) is 7.28. The average molecular weight is 296 g/mol. The van der Waals surface area contributed by atoms with Crippen LogP contribution in [0.5, 0.6) is 0 Å². The van der Waals surface area contributed by atoms with Crippen LogP contribution in [0.25, 0.3) is 0 Å². The monoisotopic (exact) mass is 295 g/mol. The summed E-state index contributed by atoms with van der Waals surface area (Å²) in [5.41, 5.74) is 0. The molecule has 1 atom stereocenters. The van der Waals surface area contributed by atoms with Gasteiger partial charge in [0.2, 0.25) is 0 Å².